The Hall–Kier alpha value is -4.21. The van der Waals surface area contributed by atoms with Crippen molar-refractivity contribution in [2.24, 2.45) is 0 Å². The standard InChI is InChI=1S/C33H34N2O6S/c1-22-11-14-26-9-5-6-10-28(26)32(22)42(40,41)34-20-31(37)35(27-17-18-29(33(38)39)30(36)19-27)21-23-12-15-25(16-13-23)24-7-3-2-4-8-24/h5-6,9-19,24,34,36H,2-4,7-8,20-21H2,1H3,(H,38,39). The molecule has 1 amide bonds. The van der Waals surface area contributed by atoms with Crippen molar-refractivity contribution in [3.63, 3.8) is 0 Å². The molecule has 1 saturated carbocycles. The first-order valence-corrected chi connectivity index (χ1v) is 15.6. The predicted molar refractivity (Wildman–Crippen MR) is 162 cm³/mol. The third-order valence-corrected chi connectivity index (χ3v) is 9.58. The lowest BCUT2D eigenvalue weighted by Gasteiger charge is -2.25. The molecule has 1 aliphatic carbocycles. The SMILES string of the molecule is Cc1ccc2ccccc2c1S(=O)(=O)NCC(=O)N(Cc1ccc(C2CCCCC2)cc1)c1ccc(C(=O)O)c(O)c1. The Balaban J connectivity index is 1.41. The van der Waals surface area contributed by atoms with Crippen molar-refractivity contribution in [3.05, 3.63) is 101 Å². The maximum atomic E-state index is 13.6. The molecule has 5 rings (SSSR count). The molecular formula is C33H34N2O6S. The minimum Gasteiger partial charge on any atom is -0.507 e. The van der Waals surface area contributed by atoms with Gasteiger partial charge in [-0.15, -0.1) is 0 Å². The molecule has 9 heteroatoms. The topological polar surface area (TPSA) is 124 Å². The number of aromatic hydroxyl groups is 1. The van der Waals surface area contributed by atoms with Gasteiger partial charge in [-0.1, -0.05) is 79.9 Å². The summed E-state index contributed by atoms with van der Waals surface area (Å²) in [6, 6.07) is 22.7. The van der Waals surface area contributed by atoms with Crippen molar-refractivity contribution in [1.82, 2.24) is 4.72 Å². The molecule has 0 saturated heterocycles. The Morgan fingerprint density at radius 1 is 0.929 bits per heavy atom. The molecule has 1 aliphatic rings. The van der Waals surface area contributed by atoms with Crippen LogP contribution in [0.4, 0.5) is 5.69 Å². The summed E-state index contributed by atoms with van der Waals surface area (Å²) in [6.07, 6.45) is 6.03. The first-order chi connectivity index (χ1) is 20.1. The van der Waals surface area contributed by atoms with E-state index in [2.05, 4.69) is 16.9 Å². The van der Waals surface area contributed by atoms with E-state index in [9.17, 15) is 28.2 Å². The number of aromatic carboxylic acids is 1. The second kappa shape index (κ2) is 12.3. The lowest BCUT2D eigenvalue weighted by Crippen LogP contribution is -2.40. The van der Waals surface area contributed by atoms with Crippen LogP contribution in [0.15, 0.2) is 83.8 Å². The number of phenols is 1. The maximum Gasteiger partial charge on any atom is 0.339 e. The number of carboxylic acids is 1. The molecule has 0 aromatic heterocycles. The average molecular weight is 587 g/mol. The van der Waals surface area contributed by atoms with Gasteiger partial charge in [-0.25, -0.2) is 17.9 Å². The van der Waals surface area contributed by atoms with E-state index in [0.717, 1.165) is 23.8 Å². The molecule has 0 bridgehead atoms. The highest BCUT2D eigenvalue weighted by Gasteiger charge is 2.25. The molecule has 0 radical (unpaired) electrons. The summed E-state index contributed by atoms with van der Waals surface area (Å²) in [5.41, 5.74) is 2.59. The van der Waals surface area contributed by atoms with Gasteiger partial charge in [0.1, 0.15) is 11.3 Å². The zero-order valence-corrected chi connectivity index (χ0v) is 24.2. The van der Waals surface area contributed by atoms with Crippen LogP contribution in [0.3, 0.4) is 0 Å². The van der Waals surface area contributed by atoms with Crippen LogP contribution in [0.1, 0.15) is 65.1 Å². The number of nitrogens with zero attached hydrogens (tertiary/aromatic N) is 1. The quantitative estimate of drug-likeness (QED) is 0.217. The second-order valence-corrected chi connectivity index (χ2v) is 12.5. The molecule has 0 atom stereocenters. The smallest absolute Gasteiger partial charge is 0.339 e. The van der Waals surface area contributed by atoms with Gasteiger partial charge in [-0.3, -0.25) is 4.79 Å². The van der Waals surface area contributed by atoms with Crippen LogP contribution in [-0.4, -0.2) is 37.1 Å². The van der Waals surface area contributed by atoms with Crippen LogP contribution in [0, 0.1) is 6.92 Å². The number of nitrogens with one attached hydrogen (secondary N) is 1. The number of carbonyl (C=O) groups excluding carboxylic acids is 1. The summed E-state index contributed by atoms with van der Waals surface area (Å²) >= 11 is 0. The van der Waals surface area contributed by atoms with Crippen LogP contribution in [-0.2, 0) is 21.4 Å². The molecule has 0 unspecified atom stereocenters. The first-order valence-electron chi connectivity index (χ1n) is 14.1. The van der Waals surface area contributed by atoms with E-state index in [4.69, 9.17) is 0 Å². The molecular weight excluding hydrogens is 552 g/mol. The predicted octanol–water partition coefficient (Wildman–Crippen LogP) is 6.11. The lowest BCUT2D eigenvalue weighted by molar-refractivity contribution is -0.117. The van der Waals surface area contributed by atoms with Crippen LogP contribution in [0.5, 0.6) is 5.75 Å². The van der Waals surface area contributed by atoms with E-state index in [-0.39, 0.29) is 22.7 Å². The minimum atomic E-state index is -4.07. The van der Waals surface area contributed by atoms with E-state index < -0.39 is 34.2 Å². The van der Waals surface area contributed by atoms with Gasteiger partial charge in [0.15, 0.2) is 0 Å². The van der Waals surface area contributed by atoms with Crippen molar-refractivity contribution in [2.45, 2.75) is 56.4 Å². The molecule has 0 spiro atoms. The first kappa shape index (κ1) is 29.3. The summed E-state index contributed by atoms with van der Waals surface area (Å²) in [5.74, 6) is -1.82. The monoisotopic (exact) mass is 586 g/mol. The molecule has 218 valence electrons. The fraction of sp³-hybridized carbons (Fsp3) is 0.273. The zero-order chi connectivity index (χ0) is 29.9. The number of benzene rings is 4. The normalized spacial score (nSPS) is 14.1. The van der Waals surface area contributed by atoms with Crippen LogP contribution >= 0.6 is 0 Å². The van der Waals surface area contributed by atoms with Gasteiger partial charge in [0.2, 0.25) is 15.9 Å². The molecule has 42 heavy (non-hydrogen) atoms. The number of aryl methyl sites for hydroxylation is 1. The van der Waals surface area contributed by atoms with Gasteiger partial charge in [0.25, 0.3) is 0 Å². The number of sulfonamides is 1. The Morgan fingerprint density at radius 2 is 1.64 bits per heavy atom. The van der Waals surface area contributed by atoms with Crippen LogP contribution in [0.2, 0.25) is 0 Å². The van der Waals surface area contributed by atoms with Crippen molar-refractivity contribution in [1.29, 1.82) is 0 Å². The van der Waals surface area contributed by atoms with Gasteiger partial charge < -0.3 is 15.1 Å². The van der Waals surface area contributed by atoms with Crippen molar-refractivity contribution < 1.29 is 28.2 Å². The van der Waals surface area contributed by atoms with Crippen LogP contribution < -0.4 is 9.62 Å². The van der Waals surface area contributed by atoms with Gasteiger partial charge >= 0.3 is 5.97 Å². The van der Waals surface area contributed by atoms with Gasteiger partial charge in [-0.05, 0) is 59.9 Å². The minimum absolute atomic E-state index is 0.102. The number of hydrogen-bond donors (Lipinski definition) is 3. The van der Waals surface area contributed by atoms with Gasteiger partial charge in [0.05, 0.1) is 18.0 Å². The van der Waals surface area contributed by atoms with Crippen molar-refractivity contribution >= 4 is 38.4 Å². The maximum absolute atomic E-state index is 13.6. The summed E-state index contributed by atoms with van der Waals surface area (Å²) < 4.78 is 29.4. The highest BCUT2D eigenvalue weighted by atomic mass is 32.2. The summed E-state index contributed by atoms with van der Waals surface area (Å²) in [5, 5.41) is 21.0. The van der Waals surface area contributed by atoms with E-state index in [0.29, 0.717) is 16.9 Å². The third-order valence-electron chi connectivity index (χ3n) is 7.98. The Labute approximate surface area is 245 Å². The number of carboxylic acid groups (broad SMARTS) is 1. The number of anilines is 1. The second-order valence-electron chi connectivity index (χ2n) is 10.8. The third kappa shape index (κ3) is 6.32. The fourth-order valence-corrected chi connectivity index (χ4v) is 7.16. The Morgan fingerprint density at radius 3 is 2.33 bits per heavy atom. The Kier molecular flexibility index (Phi) is 8.61. The molecule has 4 aromatic carbocycles. The molecule has 0 aliphatic heterocycles. The van der Waals surface area contributed by atoms with Gasteiger partial charge in [-0.2, -0.15) is 0 Å². The zero-order valence-electron chi connectivity index (χ0n) is 23.4. The van der Waals surface area contributed by atoms with E-state index >= 15 is 0 Å². The Bertz CT molecular complexity index is 1730. The highest BCUT2D eigenvalue weighted by Crippen LogP contribution is 2.33. The number of hydrogen-bond acceptors (Lipinski definition) is 5. The molecule has 3 N–H and O–H groups in total. The summed E-state index contributed by atoms with van der Waals surface area (Å²) in [4.78, 5) is 26.5. The summed E-state index contributed by atoms with van der Waals surface area (Å²) in [6.45, 7) is 1.27. The molecule has 1 fully saturated rings. The molecule has 4 aromatic rings. The number of carbonyl (C=O) groups is 2. The average Bonchev–Trinajstić information content (AvgIpc) is 2.99. The van der Waals surface area contributed by atoms with E-state index in [1.54, 1.807) is 25.1 Å². The van der Waals surface area contributed by atoms with E-state index in [1.165, 1.54) is 47.9 Å². The highest BCUT2D eigenvalue weighted by molar-refractivity contribution is 7.89. The summed E-state index contributed by atoms with van der Waals surface area (Å²) in [7, 11) is -4.07. The number of rotatable bonds is 9. The molecule has 8 nitrogen and oxygen atoms in total. The van der Waals surface area contributed by atoms with Crippen molar-refractivity contribution in [2.75, 3.05) is 11.4 Å². The lowest BCUT2D eigenvalue weighted by atomic mass is 9.84. The number of amides is 1. The van der Waals surface area contributed by atoms with Crippen molar-refractivity contribution in [3.8, 4) is 5.75 Å². The number of fused-ring (bicyclic) bond motifs is 1. The largest absolute Gasteiger partial charge is 0.507 e. The molecule has 0 heterocycles. The fourth-order valence-electron chi connectivity index (χ4n) is 5.74. The van der Waals surface area contributed by atoms with Crippen LogP contribution in [0.25, 0.3) is 10.8 Å². The van der Waals surface area contributed by atoms with Gasteiger partial charge in [0, 0.05) is 17.1 Å². The van der Waals surface area contributed by atoms with E-state index in [1.807, 2.05) is 30.3 Å².